The molecule has 0 fully saturated rings. The number of aromatic nitrogens is 1. The highest BCUT2D eigenvalue weighted by molar-refractivity contribution is 5.56. The van der Waals surface area contributed by atoms with Crippen molar-refractivity contribution in [2.24, 2.45) is 0 Å². The Morgan fingerprint density at radius 3 is 2.59 bits per heavy atom. The van der Waals surface area contributed by atoms with E-state index in [1.165, 1.54) is 0 Å². The Labute approximate surface area is 100 Å². The van der Waals surface area contributed by atoms with Crippen LogP contribution in [0.2, 0.25) is 0 Å². The lowest BCUT2D eigenvalue weighted by Crippen LogP contribution is -1.97. The Morgan fingerprint density at radius 2 is 1.94 bits per heavy atom. The summed E-state index contributed by atoms with van der Waals surface area (Å²) >= 11 is 0. The zero-order valence-electron chi connectivity index (χ0n) is 9.59. The van der Waals surface area contributed by atoms with E-state index >= 15 is 0 Å². The van der Waals surface area contributed by atoms with Crippen molar-refractivity contribution in [3.05, 3.63) is 48.3 Å². The van der Waals surface area contributed by atoms with Crippen molar-refractivity contribution in [3.63, 3.8) is 0 Å². The van der Waals surface area contributed by atoms with Crippen LogP contribution in [0.1, 0.15) is 5.56 Å². The summed E-state index contributed by atoms with van der Waals surface area (Å²) in [5.74, 6) is 1.38. The van der Waals surface area contributed by atoms with E-state index in [4.69, 9.17) is 15.2 Å². The number of nitrogens with zero attached hydrogens (tertiary/aromatic N) is 1. The van der Waals surface area contributed by atoms with Gasteiger partial charge >= 0.3 is 0 Å². The molecule has 88 valence electrons. The highest BCUT2D eigenvalue weighted by atomic mass is 16.5. The van der Waals surface area contributed by atoms with E-state index in [-0.39, 0.29) is 0 Å². The first-order valence-corrected chi connectivity index (χ1v) is 5.25. The molecule has 17 heavy (non-hydrogen) atoms. The van der Waals surface area contributed by atoms with Crippen molar-refractivity contribution in [2.45, 2.75) is 6.61 Å². The predicted octanol–water partition coefficient (Wildman–Crippen LogP) is 2.25. The first-order chi connectivity index (χ1) is 8.29. The van der Waals surface area contributed by atoms with Gasteiger partial charge in [0, 0.05) is 18.5 Å². The van der Waals surface area contributed by atoms with Gasteiger partial charge in [0.1, 0.15) is 18.1 Å². The van der Waals surface area contributed by atoms with E-state index in [1.807, 2.05) is 18.2 Å². The Bertz CT molecular complexity index is 486. The minimum absolute atomic E-state index is 0.494. The minimum Gasteiger partial charge on any atom is -0.495 e. The van der Waals surface area contributed by atoms with Gasteiger partial charge in [0.25, 0.3) is 0 Å². The van der Waals surface area contributed by atoms with Gasteiger partial charge in [0.2, 0.25) is 0 Å². The minimum atomic E-state index is 0.494. The molecular weight excluding hydrogens is 216 g/mol. The van der Waals surface area contributed by atoms with Gasteiger partial charge < -0.3 is 15.2 Å². The quantitative estimate of drug-likeness (QED) is 0.818. The fourth-order valence-corrected chi connectivity index (χ4v) is 1.45. The second-order valence-corrected chi connectivity index (χ2v) is 3.55. The number of benzene rings is 1. The standard InChI is InChI=1S/C13H14N2O2/c1-16-13-3-2-11(8-12(13)14)17-9-10-4-6-15-7-5-10/h2-8H,9,14H2,1H3. The summed E-state index contributed by atoms with van der Waals surface area (Å²) in [5.41, 5.74) is 7.42. The van der Waals surface area contributed by atoms with Gasteiger partial charge in [-0.2, -0.15) is 0 Å². The number of ether oxygens (including phenoxy) is 2. The van der Waals surface area contributed by atoms with Crippen LogP contribution in [-0.2, 0) is 6.61 Å². The average molecular weight is 230 g/mol. The van der Waals surface area contributed by atoms with Crippen LogP contribution in [0.5, 0.6) is 11.5 Å². The summed E-state index contributed by atoms with van der Waals surface area (Å²) in [6, 6.07) is 9.19. The van der Waals surface area contributed by atoms with Gasteiger partial charge in [-0.25, -0.2) is 0 Å². The van der Waals surface area contributed by atoms with E-state index in [2.05, 4.69) is 4.98 Å². The number of anilines is 1. The summed E-state index contributed by atoms with van der Waals surface area (Å²) in [6.45, 7) is 0.494. The molecule has 0 aliphatic heterocycles. The van der Waals surface area contributed by atoms with Crippen LogP contribution < -0.4 is 15.2 Å². The second-order valence-electron chi connectivity index (χ2n) is 3.55. The second kappa shape index (κ2) is 5.21. The molecular formula is C13H14N2O2. The molecule has 0 aliphatic rings. The lowest BCUT2D eigenvalue weighted by molar-refractivity contribution is 0.305. The lowest BCUT2D eigenvalue weighted by Gasteiger charge is -2.09. The maximum Gasteiger partial charge on any atom is 0.142 e. The molecule has 0 amide bonds. The number of nitrogens with two attached hydrogens (primary N) is 1. The Hall–Kier alpha value is -2.23. The number of pyridine rings is 1. The molecule has 0 aliphatic carbocycles. The number of rotatable bonds is 4. The molecule has 0 saturated heterocycles. The van der Waals surface area contributed by atoms with Crippen LogP contribution in [0.25, 0.3) is 0 Å². The van der Waals surface area contributed by atoms with Crippen molar-refractivity contribution in [2.75, 3.05) is 12.8 Å². The molecule has 2 aromatic rings. The molecule has 0 unspecified atom stereocenters. The molecule has 2 rings (SSSR count). The predicted molar refractivity (Wildman–Crippen MR) is 66.0 cm³/mol. The average Bonchev–Trinajstić information content (AvgIpc) is 2.38. The molecule has 1 heterocycles. The van der Waals surface area contributed by atoms with Crippen LogP contribution >= 0.6 is 0 Å². The van der Waals surface area contributed by atoms with Crippen LogP contribution in [0.15, 0.2) is 42.7 Å². The Balaban J connectivity index is 2.02. The number of hydrogen-bond donors (Lipinski definition) is 1. The van der Waals surface area contributed by atoms with E-state index in [0.29, 0.717) is 18.0 Å². The van der Waals surface area contributed by atoms with Gasteiger partial charge in [0.05, 0.1) is 12.8 Å². The Morgan fingerprint density at radius 1 is 1.18 bits per heavy atom. The van der Waals surface area contributed by atoms with Gasteiger partial charge in [0.15, 0.2) is 0 Å². The smallest absolute Gasteiger partial charge is 0.142 e. The van der Waals surface area contributed by atoms with Gasteiger partial charge in [-0.1, -0.05) is 0 Å². The van der Waals surface area contributed by atoms with Gasteiger partial charge in [-0.3, -0.25) is 4.98 Å². The third-order valence-electron chi connectivity index (χ3n) is 2.36. The molecule has 4 nitrogen and oxygen atoms in total. The lowest BCUT2D eigenvalue weighted by atomic mass is 10.2. The fraction of sp³-hybridized carbons (Fsp3) is 0.154. The van der Waals surface area contributed by atoms with Crippen molar-refractivity contribution in [1.29, 1.82) is 0 Å². The molecule has 1 aromatic heterocycles. The number of nitrogen functional groups attached to an aromatic ring is 1. The summed E-state index contributed by atoms with van der Waals surface area (Å²) < 4.78 is 10.7. The van der Waals surface area contributed by atoms with E-state index in [9.17, 15) is 0 Å². The first-order valence-electron chi connectivity index (χ1n) is 5.25. The highest BCUT2D eigenvalue weighted by Crippen LogP contribution is 2.26. The SMILES string of the molecule is COc1ccc(OCc2ccncc2)cc1N. The van der Waals surface area contributed by atoms with E-state index < -0.39 is 0 Å². The Kier molecular flexibility index (Phi) is 3.45. The van der Waals surface area contributed by atoms with Gasteiger partial charge in [-0.15, -0.1) is 0 Å². The topological polar surface area (TPSA) is 57.4 Å². The number of methoxy groups -OCH3 is 1. The maximum atomic E-state index is 5.79. The first kappa shape index (κ1) is 11.3. The van der Waals surface area contributed by atoms with Crippen LogP contribution in [0.3, 0.4) is 0 Å². The summed E-state index contributed by atoms with van der Waals surface area (Å²) in [4.78, 5) is 3.95. The third kappa shape index (κ3) is 2.87. The summed E-state index contributed by atoms with van der Waals surface area (Å²) in [5, 5.41) is 0. The van der Waals surface area contributed by atoms with Crippen molar-refractivity contribution >= 4 is 5.69 Å². The van der Waals surface area contributed by atoms with Crippen molar-refractivity contribution in [3.8, 4) is 11.5 Å². The number of hydrogen-bond acceptors (Lipinski definition) is 4. The van der Waals surface area contributed by atoms with Crippen molar-refractivity contribution in [1.82, 2.24) is 4.98 Å². The van der Waals surface area contributed by atoms with Gasteiger partial charge in [-0.05, 0) is 29.8 Å². The summed E-state index contributed by atoms with van der Waals surface area (Å²) in [7, 11) is 1.59. The molecule has 0 saturated carbocycles. The molecule has 4 heteroatoms. The van der Waals surface area contributed by atoms with Crippen LogP contribution in [0.4, 0.5) is 5.69 Å². The highest BCUT2D eigenvalue weighted by Gasteiger charge is 2.01. The normalized spacial score (nSPS) is 9.94. The maximum absolute atomic E-state index is 5.79. The zero-order valence-corrected chi connectivity index (χ0v) is 9.59. The monoisotopic (exact) mass is 230 g/mol. The molecule has 2 N–H and O–H groups in total. The molecule has 0 radical (unpaired) electrons. The van der Waals surface area contributed by atoms with E-state index in [1.54, 1.807) is 31.6 Å². The summed E-state index contributed by atoms with van der Waals surface area (Å²) in [6.07, 6.45) is 3.47. The zero-order chi connectivity index (χ0) is 12.1. The van der Waals surface area contributed by atoms with E-state index in [0.717, 1.165) is 11.3 Å². The van der Waals surface area contributed by atoms with Crippen molar-refractivity contribution < 1.29 is 9.47 Å². The largest absolute Gasteiger partial charge is 0.495 e. The molecule has 1 aromatic carbocycles. The van der Waals surface area contributed by atoms with Crippen LogP contribution in [-0.4, -0.2) is 12.1 Å². The third-order valence-corrected chi connectivity index (χ3v) is 2.36. The molecule has 0 bridgehead atoms. The fourth-order valence-electron chi connectivity index (χ4n) is 1.45. The molecule has 0 spiro atoms. The molecule has 0 atom stereocenters. The van der Waals surface area contributed by atoms with Crippen LogP contribution in [0, 0.1) is 0 Å².